The first-order valence-electron chi connectivity index (χ1n) is 7.03. The molecular weight excluding hydrogens is 278 g/mol. The summed E-state index contributed by atoms with van der Waals surface area (Å²) in [7, 11) is 1.46. The van der Waals surface area contributed by atoms with Crippen molar-refractivity contribution in [3.05, 3.63) is 0 Å². The van der Waals surface area contributed by atoms with Crippen molar-refractivity contribution in [1.29, 1.82) is 0 Å². The van der Waals surface area contributed by atoms with Crippen molar-refractivity contribution in [2.24, 2.45) is 0 Å². The van der Waals surface area contributed by atoms with Crippen LogP contribution < -0.4 is 5.32 Å². The van der Waals surface area contributed by atoms with Gasteiger partial charge in [-0.25, -0.2) is 9.59 Å². The largest absolute Gasteiger partial charge is 0.458 e. The van der Waals surface area contributed by atoms with Crippen LogP contribution in [0.1, 0.15) is 34.1 Å². The van der Waals surface area contributed by atoms with Gasteiger partial charge in [-0.05, 0) is 27.7 Å². The van der Waals surface area contributed by atoms with E-state index in [9.17, 15) is 9.59 Å². The monoisotopic (exact) mass is 303 g/mol. The number of esters is 1. The molecule has 7 nitrogen and oxygen atoms in total. The fourth-order valence-electron chi connectivity index (χ4n) is 1.78. The van der Waals surface area contributed by atoms with E-state index in [0.29, 0.717) is 19.6 Å². The van der Waals surface area contributed by atoms with Gasteiger partial charge in [0, 0.05) is 13.5 Å². The third kappa shape index (κ3) is 6.31. The predicted octanol–water partition coefficient (Wildman–Crippen LogP) is 1.25. The summed E-state index contributed by atoms with van der Waals surface area (Å²) in [5.41, 5.74) is -0.645. The number of methoxy groups -OCH3 is 1. The van der Waals surface area contributed by atoms with Crippen LogP contribution in [0.15, 0.2) is 0 Å². The number of alkyl carbamates (subject to hydrolysis) is 1. The van der Waals surface area contributed by atoms with Crippen LogP contribution in [-0.4, -0.2) is 56.2 Å². The first kappa shape index (κ1) is 17.7. The Kier molecular flexibility index (Phi) is 6.42. The molecule has 0 saturated carbocycles. The molecule has 1 aliphatic rings. The van der Waals surface area contributed by atoms with Crippen LogP contribution in [0.2, 0.25) is 0 Å². The maximum absolute atomic E-state index is 12.2. The minimum atomic E-state index is -0.926. The Morgan fingerprint density at radius 1 is 1.33 bits per heavy atom. The lowest BCUT2D eigenvalue weighted by Crippen LogP contribution is -2.51. The van der Waals surface area contributed by atoms with Gasteiger partial charge in [0.15, 0.2) is 6.04 Å². The van der Waals surface area contributed by atoms with Gasteiger partial charge in [0.1, 0.15) is 11.7 Å². The molecule has 122 valence electrons. The van der Waals surface area contributed by atoms with Crippen molar-refractivity contribution in [2.45, 2.75) is 58.0 Å². The molecule has 0 spiro atoms. The van der Waals surface area contributed by atoms with Gasteiger partial charge >= 0.3 is 12.1 Å². The van der Waals surface area contributed by atoms with Crippen LogP contribution in [0, 0.1) is 0 Å². The third-order valence-corrected chi connectivity index (χ3v) is 2.94. The number of carbonyl (C=O) groups is 2. The summed E-state index contributed by atoms with van der Waals surface area (Å²) < 4.78 is 20.7. The van der Waals surface area contributed by atoms with Crippen LogP contribution in [-0.2, 0) is 23.7 Å². The minimum absolute atomic E-state index is 0.274. The molecule has 2 unspecified atom stereocenters. The van der Waals surface area contributed by atoms with Crippen molar-refractivity contribution >= 4 is 12.1 Å². The van der Waals surface area contributed by atoms with Crippen molar-refractivity contribution in [1.82, 2.24) is 5.32 Å². The molecule has 21 heavy (non-hydrogen) atoms. The summed E-state index contributed by atoms with van der Waals surface area (Å²) >= 11 is 0. The number of nitrogens with one attached hydrogen (secondary N) is 1. The highest BCUT2D eigenvalue weighted by molar-refractivity contribution is 5.82. The molecule has 0 aromatic rings. The van der Waals surface area contributed by atoms with E-state index in [2.05, 4.69) is 5.32 Å². The molecule has 1 fully saturated rings. The van der Waals surface area contributed by atoms with Crippen LogP contribution in [0.25, 0.3) is 0 Å². The van der Waals surface area contributed by atoms with Gasteiger partial charge in [0.25, 0.3) is 0 Å². The average Bonchev–Trinajstić information content (AvgIpc) is 2.85. The Labute approximate surface area is 125 Å². The van der Waals surface area contributed by atoms with Crippen LogP contribution in [0.5, 0.6) is 0 Å². The highest BCUT2D eigenvalue weighted by atomic mass is 16.6. The maximum Gasteiger partial charge on any atom is 0.408 e. The molecule has 1 rings (SSSR count). The molecule has 0 bridgehead atoms. The average molecular weight is 303 g/mol. The van der Waals surface area contributed by atoms with E-state index in [4.69, 9.17) is 18.9 Å². The van der Waals surface area contributed by atoms with Gasteiger partial charge in [-0.3, -0.25) is 0 Å². The fraction of sp³-hybridized carbons (Fsp3) is 0.857. The Balaban J connectivity index is 2.61. The minimum Gasteiger partial charge on any atom is -0.458 e. The van der Waals surface area contributed by atoms with E-state index in [1.54, 1.807) is 27.7 Å². The van der Waals surface area contributed by atoms with E-state index in [1.165, 1.54) is 7.11 Å². The van der Waals surface area contributed by atoms with Gasteiger partial charge < -0.3 is 24.3 Å². The topological polar surface area (TPSA) is 83.1 Å². The first-order chi connectivity index (χ1) is 9.73. The molecule has 7 heteroatoms. The van der Waals surface area contributed by atoms with E-state index < -0.39 is 29.8 Å². The lowest BCUT2D eigenvalue weighted by molar-refractivity contribution is -0.155. The molecule has 0 aromatic heterocycles. The van der Waals surface area contributed by atoms with Crippen LogP contribution in [0.4, 0.5) is 4.79 Å². The Morgan fingerprint density at radius 2 is 2.00 bits per heavy atom. The standard InChI is InChI=1S/C14H25NO6/c1-9(18-5)11(15-13(17)21-14(2,3)4)12(16)20-10-6-7-19-8-10/h9-11H,6-8H2,1-5H3,(H,15,17)/t9?,10-,11?/m1/s1. The maximum atomic E-state index is 12.2. The normalized spacial score (nSPS) is 21.5. The SMILES string of the molecule is COC(C)C(NC(=O)OC(C)(C)C)C(=O)O[C@@H]1CCOC1. The first-order valence-corrected chi connectivity index (χ1v) is 7.03. The Morgan fingerprint density at radius 3 is 2.48 bits per heavy atom. The van der Waals surface area contributed by atoms with Gasteiger partial charge in [0.2, 0.25) is 0 Å². The zero-order valence-corrected chi connectivity index (χ0v) is 13.3. The van der Waals surface area contributed by atoms with E-state index in [1.807, 2.05) is 0 Å². The number of rotatable bonds is 5. The summed E-state index contributed by atoms with van der Waals surface area (Å²) in [4.78, 5) is 24.0. The zero-order chi connectivity index (χ0) is 16.0. The number of hydrogen-bond acceptors (Lipinski definition) is 6. The predicted molar refractivity (Wildman–Crippen MR) is 74.9 cm³/mol. The summed E-state index contributed by atoms with van der Waals surface area (Å²) in [6, 6.07) is -0.926. The second-order valence-corrected chi connectivity index (χ2v) is 5.99. The molecule has 0 aromatic carbocycles. The third-order valence-electron chi connectivity index (χ3n) is 2.94. The Hall–Kier alpha value is -1.34. The lowest BCUT2D eigenvalue weighted by Gasteiger charge is -2.26. The van der Waals surface area contributed by atoms with Crippen molar-refractivity contribution < 1.29 is 28.5 Å². The van der Waals surface area contributed by atoms with Crippen molar-refractivity contribution in [3.63, 3.8) is 0 Å². The number of ether oxygens (including phenoxy) is 4. The quantitative estimate of drug-likeness (QED) is 0.770. The molecule has 1 aliphatic heterocycles. The molecule has 1 heterocycles. The number of amides is 1. The highest BCUT2D eigenvalue weighted by Crippen LogP contribution is 2.12. The second kappa shape index (κ2) is 7.61. The molecule has 1 amide bonds. The summed E-state index contributed by atoms with van der Waals surface area (Å²) in [5.74, 6) is -0.550. The molecular formula is C14H25NO6. The van der Waals surface area contributed by atoms with Gasteiger partial charge in [-0.1, -0.05) is 0 Å². The second-order valence-electron chi connectivity index (χ2n) is 5.99. The highest BCUT2D eigenvalue weighted by Gasteiger charge is 2.32. The molecule has 1 N–H and O–H groups in total. The zero-order valence-electron chi connectivity index (χ0n) is 13.3. The molecule has 0 aliphatic carbocycles. The Bertz CT molecular complexity index is 359. The van der Waals surface area contributed by atoms with Crippen LogP contribution >= 0.6 is 0 Å². The van der Waals surface area contributed by atoms with Crippen molar-refractivity contribution in [3.8, 4) is 0 Å². The van der Waals surface area contributed by atoms with Gasteiger partial charge in [-0.15, -0.1) is 0 Å². The molecule has 1 saturated heterocycles. The summed E-state index contributed by atoms with van der Waals surface area (Å²) in [5, 5.41) is 2.50. The summed E-state index contributed by atoms with van der Waals surface area (Å²) in [6.45, 7) is 7.86. The van der Waals surface area contributed by atoms with Gasteiger partial charge in [0.05, 0.1) is 19.3 Å². The van der Waals surface area contributed by atoms with E-state index in [-0.39, 0.29) is 6.10 Å². The van der Waals surface area contributed by atoms with E-state index in [0.717, 1.165) is 0 Å². The summed E-state index contributed by atoms with van der Waals surface area (Å²) in [6.07, 6.45) is -0.834. The lowest BCUT2D eigenvalue weighted by atomic mass is 10.2. The van der Waals surface area contributed by atoms with Crippen molar-refractivity contribution in [2.75, 3.05) is 20.3 Å². The number of carbonyl (C=O) groups excluding carboxylic acids is 2. The smallest absolute Gasteiger partial charge is 0.408 e. The van der Waals surface area contributed by atoms with Gasteiger partial charge in [-0.2, -0.15) is 0 Å². The molecule has 0 radical (unpaired) electrons. The number of hydrogen-bond donors (Lipinski definition) is 1. The van der Waals surface area contributed by atoms with Crippen LogP contribution in [0.3, 0.4) is 0 Å². The molecule has 3 atom stereocenters. The fourth-order valence-corrected chi connectivity index (χ4v) is 1.78. The van der Waals surface area contributed by atoms with E-state index >= 15 is 0 Å².